The average molecular weight is 332 g/mol. The lowest BCUT2D eigenvalue weighted by Gasteiger charge is -2.57. The Morgan fingerprint density at radius 1 is 1.21 bits per heavy atom. The molecular weight excluding hydrogens is 304 g/mol. The van der Waals surface area contributed by atoms with Gasteiger partial charge in [-0.05, 0) is 6.42 Å². The number of carbonyl (C=O) groups excluding carboxylic acids is 1. The van der Waals surface area contributed by atoms with E-state index in [9.17, 15) is 4.79 Å². The third-order valence-corrected chi connectivity index (χ3v) is 5.47. The average Bonchev–Trinajstić information content (AvgIpc) is 2.51. The molecule has 0 aromatic heterocycles. The Balaban J connectivity index is 1.86. The van der Waals surface area contributed by atoms with Crippen LogP contribution in [0.4, 0.5) is 0 Å². The van der Waals surface area contributed by atoms with Gasteiger partial charge in [0.25, 0.3) is 0 Å². The third-order valence-electron chi connectivity index (χ3n) is 5.47. The van der Waals surface area contributed by atoms with Crippen LogP contribution in [-0.2, 0) is 19.0 Å². The van der Waals surface area contributed by atoms with Crippen LogP contribution < -0.4 is 0 Å². The van der Waals surface area contributed by atoms with Gasteiger partial charge in [0, 0.05) is 29.2 Å². The maximum atomic E-state index is 11.6. The molecule has 2 fully saturated rings. The van der Waals surface area contributed by atoms with Crippen molar-refractivity contribution in [1.82, 2.24) is 0 Å². The number of ether oxygens (including phenoxy) is 3. The Morgan fingerprint density at radius 2 is 1.88 bits per heavy atom. The second-order valence-corrected chi connectivity index (χ2v) is 8.32. The molecule has 4 nitrogen and oxygen atoms in total. The second kappa shape index (κ2) is 6.16. The largest absolute Gasteiger partial charge is 0.462 e. The first-order valence-electron chi connectivity index (χ1n) is 8.72. The Bertz CT molecular complexity index is 597. The van der Waals surface area contributed by atoms with Crippen LogP contribution in [-0.4, -0.2) is 24.8 Å². The van der Waals surface area contributed by atoms with Crippen LogP contribution in [0.1, 0.15) is 52.9 Å². The van der Waals surface area contributed by atoms with Crippen molar-refractivity contribution in [2.75, 3.05) is 6.61 Å². The highest BCUT2D eigenvalue weighted by Crippen LogP contribution is 2.54. The summed E-state index contributed by atoms with van der Waals surface area (Å²) < 4.78 is 18.1. The predicted octanol–water partition coefficient (Wildman–Crippen LogP) is 4.10. The van der Waals surface area contributed by atoms with Crippen LogP contribution in [0, 0.1) is 16.7 Å². The summed E-state index contributed by atoms with van der Waals surface area (Å²) in [5.74, 6) is -0.118. The van der Waals surface area contributed by atoms with Gasteiger partial charge in [0.15, 0.2) is 6.29 Å². The predicted molar refractivity (Wildman–Crippen MR) is 91.2 cm³/mol. The number of carbonyl (C=O) groups is 1. The number of hydrogen-bond acceptors (Lipinski definition) is 4. The number of benzene rings is 1. The summed E-state index contributed by atoms with van der Waals surface area (Å²) >= 11 is 0. The first-order chi connectivity index (χ1) is 11.2. The van der Waals surface area contributed by atoms with Gasteiger partial charge in [0.2, 0.25) is 0 Å². The van der Waals surface area contributed by atoms with Crippen molar-refractivity contribution in [3.8, 4) is 0 Å². The van der Waals surface area contributed by atoms with E-state index in [1.54, 1.807) is 0 Å². The van der Waals surface area contributed by atoms with Gasteiger partial charge in [-0.15, -0.1) is 0 Å². The minimum Gasteiger partial charge on any atom is -0.462 e. The summed E-state index contributed by atoms with van der Waals surface area (Å²) in [5.41, 5.74) is 0.841. The molecule has 132 valence electrons. The summed E-state index contributed by atoms with van der Waals surface area (Å²) in [7, 11) is 0. The standard InChI is InChI=1S/C20H28O4/c1-13-16(23-14(2)21)19(3,4)11-20(5)12-22-18(24-17(13)20)15-9-7-6-8-10-15/h6-10,13,16-18H,11-12H2,1-5H3. The fourth-order valence-corrected chi connectivity index (χ4v) is 4.84. The quantitative estimate of drug-likeness (QED) is 0.765. The zero-order valence-electron chi connectivity index (χ0n) is 15.2. The van der Waals surface area contributed by atoms with Gasteiger partial charge in [0.1, 0.15) is 6.10 Å². The van der Waals surface area contributed by atoms with Crippen molar-refractivity contribution >= 4 is 5.97 Å². The zero-order chi connectivity index (χ0) is 17.5. The molecule has 1 aliphatic heterocycles. The highest BCUT2D eigenvalue weighted by atomic mass is 16.7. The first-order valence-corrected chi connectivity index (χ1v) is 8.72. The minimum atomic E-state index is -0.356. The van der Waals surface area contributed by atoms with E-state index < -0.39 is 0 Å². The molecule has 1 aromatic rings. The summed E-state index contributed by atoms with van der Waals surface area (Å²) in [6, 6.07) is 10.0. The van der Waals surface area contributed by atoms with E-state index in [0.717, 1.165) is 12.0 Å². The lowest BCUT2D eigenvalue weighted by Crippen LogP contribution is -2.60. The highest BCUT2D eigenvalue weighted by Gasteiger charge is 2.57. The molecule has 1 aromatic carbocycles. The topological polar surface area (TPSA) is 44.8 Å². The van der Waals surface area contributed by atoms with E-state index >= 15 is 0 Å². The molecule has 0 amide bonds. The first kappa shape index (κ1) is 17.4. The van der Waals surface area contributed by atoms with E-state index in [2.05, 4.69) is 27.7 Å². The Morgan fingerprint density at radius 3 is 2.50 bits per heavy atom. The molecule has 1 saturated carbocycles. The third kappa shape index (κ3) is 3.09. The van der Waals surface area contributed by atoms with Gasteiger partial charge < -0.3 is 14.2 Å². The minimum absolute atomic E-state index is 0.00571. The lowest BCUT2D eigenvalue weighted by molar-refractivity contribution is -0.312. The van der Waals surface area contributed by atoms with Crippen LogP contribution in [0.15, 0.2) is 30.3 Å². The van der Waals surface area contributed by atoms with Crippen LogP contribution in [0.3, 0.4) is 0 Å². The number of fused-ring (bicyclic) bond motifs is 1. The van der Waals surface area contributed by atoms with E-state index in [4.69, 9.17) is 14.2 Å². The Hall–Kier alpha value is -1.39. The molecule has 1 aliphatic carbocycles. The summed E-state index contributed by atoms with van der Waals surface area (Å²) in [6.07, 6.45) is 0.386. The van der Waals surface area contributed by atoms with Crippen molar-refractivity contribution in [3.05, 3.63) is 35.9 Å². The molecule has 2 aliphatic rings. The van der Waals surface area contributed by atoms with Gasteiger partial charge in [-0.25, -0.2) is 0 Å². The molecule has 5 unspecified atom stereocenters. The second-order valence-electron chi connectivity index (χ2n) is 8.32. The van der Waals surface area contributed by atoms with E-state index in [0.29, 0.717) is 6.61 Å². The van der Waals surface area contributed by atoms with Gasteiger partial charge in [0.05, 0.1) is 12.7 Å². The van der Waals surface area contributed by atoms with Crippen molar-refractivity contribution < 1.29 is 19.0 Å². The van der Waals surface area contributed by atoms with Crippen molar-refractivity contribution in [2.24, 2.45) is 16.7 Å². The van der Waals surface area contributed by atoms with E-state index in [1.165, 1.54) is 6.92 Å². The number of hydrogen-bond donors (Lipinski definition) is 0. The SMILES string of the molecule is CC(=O)OC1C(C)C2OC(c3ccccc3)OCC2(C)CC1(C)C. The van der Waals surface area contributed by atoms with Gasteiger partial charge in [-0.1, -0.05) is 58.0 Å². The van der Waals surface area contributed by atoms with Crippen LogP contribution in [0.2, 0.25) is 0 Å². The number of esters is 1. The molecule has 3 rings (SSSR count). The molecule has 24 heavy (non-hydrogen) atoms. The molecular formula is C20H28O4. The Labute approximate surface area is 144 Å². The molecule has 0 bridgehead atoms. The van der Waals surface area contributed by atoms with E-state index in [-0.39, 0.29) is 41.2 Å². The highest BCUT2D eigenvalue weighted by molar-refractivity contribution is 5.66. The molecule has 1 saturated heterocycles. The zero-order valence-corrected chi connectivity index (χ0v) is 15.2. The fraction of sp³-hybridized carbons (Fsp3) is 0.650. The van der Waals surface area contributed by atoms with Crippen LogP contribution in [0.25, 0.3) is 0 Å². The molecule has 4 heteroatoms. The van der Waals surface area contributed by atoms with Gasteiger partial charge in [-0.2, -0.15) is 0 Å². The van der Waals surface area contributed by atoms with Gasteiger partial charge in [-0.3, -0.25) is 4.79 Å². The molecule has 0 radical (unpaired) electrons. The normalized spacial score (nSPS) is 38.2. The van der Waals surface area contributed by atoms with Crippen LogP contribution in [0.5, 0.6) is 0 Å². The van der Waals surface area contributed by atoms with Gasteiger partial charge >= 0.3 is 5.97 Å². The lowest BCUT2D eigenvalue weighted by atomic mass is 9.57. The smallest absolute Gasteiger partial charge is 0.302 e. The maximum absolute atomic E-state index is 11.6. The Kier molecular flexibility index (Phi) is 4.47. The summed E-state index contributed by atoms with van der Waals surface area (Å²) in [6.45, 7) is 10.8. The molecule has 1 heterocycles. The maximum Gasteiger partial charge on any atom is 0.302 e. The summed E-state index contributed by atoms with van der Waals surface area (Å²) in [4.78, 5) is 11.6. The van der Waals surface area contributed by atoms with Crippen molar-refractivity contribution in [3.63, 3.8) is 0 Å². The molecule has 0 spiro atoms. The number of rotatable bonds is 2. The molecule has 0 N–H and O–H groups in total. The van der Waals surface area contributed by atoms with Crippen LogP contribution >= 0.6 is 0 Å². The van der Waals surface area contributed by atoms with Crippen molar-refractivity contribution in [2.45, 2.75) is 59.5 Å². The molecule has 5 atom stereocenters. The fourth-order valence-electron chi connectivity index (χ4n) is 4.84. The van der Waals surface area contributed by atoms with Crippen molar-refractivity contribution in [1.29, 1.82) is 0 Å². The monoisotopic (exact) mass is 332 g/mol. The summed E-state index contributed by atoms with van der Waals surface area (Å²) in [5, 5.41) is 0. The van der Waals surface area contributed by atoms with E-state index in [1.807, 2.05) is 30.3 Å².